The van der Waals surface area contributed by atoms with Gasteiger partial charge < -0.3 is 0 Å². The monoisotopic (exact) mass is 220 g/mol. The lowest BCUT2D eigenvalue weighted by Crippen LogP contribution is -2.07. The van der Waals surface area contributed by atoms with Gasteiger partial charge in [-0.25, -0.2) is 0 Å². The smallest absolute Gasteiger partial charge is 0.0820 e. The Morgan fingerprint density at radius 3 is 2.54 bits per heavy atom. The molecule has 0 saturated carbocycles. The molecule has 4 heteroatoms. The van der Waals surface area contributed by atoms with Crippen LogP contribution < -0.4 is 0 Å². The van der Waals surface area contributed by atoms with Gasteiger partial charge >= 0.3 is 0 Å². The molecule has 13 heavy (non-hydrogen) atoms. The van der Waals surface area contributed by atoms with Crippen LogP contribution in [0.4, 0.5) is 0 Å². The highest BCUT2D eigenvalue weighted by Crippen LogP contribution is 2.27. The average Bonchev–Trinajstić information content (AvgIpc) is 2.29. The summed E-state index contributed by atoms with van der Waals surface area (Å²) in [5, 5.41) is 4.98. The van der Waals surface area contributed by atoms with Gasteiger partial charge in [0.25, 0.3) is 0 Å². The van der Waals surface area contributed by atoms with Gasteiger partial charge in [-0.3, -0.25) is 4.68 Å². The van der Waals surface area contributed by atoms with E-state index in [2.05, 4.69) is 12.0 Å². The molecule has 74 valence electrons. The van der Waals surface area contributed by atoms with Crippen LogP contribution in [0.1, 0.15) is 31.9 Å². The maximum Gasteiger partial charge on any atom is 0.0820 e. The molecule has 2 nitrogen and oxygen atoms in total. The first-order valence-corrected chi connectivity index (χ1v) is 5.15. The van der Waals surface area contributed by atoms with Crippen LogP contribution in [0, 0.1) is 0 Å². The van der Waals surface area contributed by atoms with Gasteiger partial charge in [-0.05, 0) is 13.3 Å². The fourth-order valence-electron chi connectivity index (χ4n) is 1.57. The van der Waals surface area contributed by atoms with Crippen molar-refractivity contribution >= 4 is 23.2 Å². The van der Waals surface area contributed by atoms with Crippen LogP contribution in [0.5, 0.6) is 0 Å². The Hall–Kier alpha value is -0.210. The quantitative estimate of drug-likeness (QED) is 0.716. The normalized spacial score (nSPS) is 15.8. The highest BCUT2D eigenvalue weighted by molar-refractivity contribution is 6.31. The summed E-state index contributed by atoms with van der Waals surface area (Å²) in [5.74, 6) is 0.354. The third-order valence-corrected chi connectivity index (χ3v) is 2.55. The fourth-order valence-corrected chi connectivity index (χ4v) is 2.19. The molecule has 1 rings (SSSR count). The van der Waals surface area contributed by atoms with Crippen molar-refractivity contribution in [1.29, 1.82) is 0 Å². The fraction of sp³-hybridized carbons (Fsp3) is 0.667. The molecule has 1 heterocycles. The zero-order chi connectivity index (χ0) is 10.0. The van der Waals surface area contributed by atoms with Crippen molar-refractivity contribution in [3.8, 4) is 0 Å². The van der Waals surface area contributed by atoms with E-state index in [4.69, 9.17) is 23.2 Å². The Morgan fingerprint density at radius 2 is 2.15 bits per heavy atom. The highest BCUT2D eigenvalue weighted by atomic mass is 35.5. The first-order valence-electron chi connectivity index (χ1n) is 4.33. The summed E-state index contributed by atoms with van der Waals surface area (Å²) in [6.45, 7) is 4.10. The van der Waals surface area contributed by atoms with E-state index >= 15 is 0 Å². The molecule has 2 atom stereocenters. The predicted octanol–water partition coefficient (Wildman–Crippen LogP) is 3.19. The van der Waals surface area contributed by atoms with Crippen molar-refractivity contribution in [2.45, 2.75) is 31.6 Å². The molecule has 1 aromatic heterocycles. The van der Waals surface area contributed by atoms with Crippen LogP contribution in [0.25, 0.3) is 0 Å². The summed E-state index contributed by atoms with van der Waals surface area (Å²) in [6.07, 6.45) is 2.59. The van der Waals surface area contributed by atoms with E-state index in [1.54, 1.807) is 6.20 Å². The third kappa shape index (κ3) is 2.61. The van der Waals surface area contributed by atoms with E-state index in [0.29, 0.717) is 5.92 Å². The molecule has 1 aromatic rings. The maximum absolute atomic E-state index is 6.00. The molecule has 0 amide bonds. The molecule has 0 radical (unpaired) electrons. The first-order chi connectivity index (χ1) is 6.02. The minimum absolute atomic E-state index is 0.168. The van der Waals surface area contributed by atoms with Crippen molar-refractivity contribution in [2.75, 3.05) is 0 Å². The number of aryl methyl sites for hydroxylation is 1. The second-order valence-electron chi connectivity index (χ2n) is 3.42. The Bertz CT molecular complexity index is 262. The summed E-state index contributed by atoms with van der Waals surface area (Å²) in [7, 11) is 1.90. The van der Waals surface area contributed by atoms with Crippen LogP contribution in [0.2, 0.25) is 5.02 Å². The van der Waals surface area contributed by atoms with E-state index in [9.17, 15) is 0 Å². The lowest BCUT2D eigenvalue weighted by molar-refractivity contribution is 0.597. The summed E-state index contributed by atoms with van der Waals surface area (Å²) >= 11 is 11.9. The van der Waals surface area contributed by atoms with Crippen LogP contribution in [-0.2, 0) is 7.05 Å². The first kappa shape index (κ1) is 10.9. The largest absolute Gasteiger partial charge is 0.271 e. The van der Waals surface area contributed by atoms with Crippen LogP contribution in [0.15, 0.2) is 6.20 Å². The maximum atomic E-state index is 6.00. The molecule has 2 unspecified atom stereocenters. The molecule has 0 aliphatic carbocycles. The number of alkyl halides is 1. The van der Waals surface area contributed by atoms with E-state index in [0.717, 1.165) is 17.1 Å². The molecule has 0 saturated heterocycles. The Morgan fingerprint density at radius 1 is 1.54 bits per heavy atom. The molecule has 0 aliphatic rings. The molecular formula is C9H14Cl2N2. The number of rotatable bonds is 3. The Labute approximate surface area is 88.8 Å². The van der Waals surface area contributed by atoms with Crippen molar-refractivity contribution < 1.29 is 0 Å². The van der Waals surface area contributed by atoms with E-state index in [-0.39, 0.29) is 5.38 Å². The lowest BCUT2D eigenvalue weighted by Gasteiger charge is -2.13. The van der Waals surface area contributed by atoms with E-state index < -0.39 is 0 Å². The second-order valence-corrected chi connectivity index (χ2v) is 4.57. The van der Waals surface area contributed by atoms with Gasteiger partial charge in [-0.2, -0.15) is 5.10 Å². The summed E-state index contributed by atoms with van der Waals surface area (Å²) < 4.78 is 1.81. The molecule has 0 bridgehead atoms. The van der Waals surface area contributed by atoms with Crippen molar-refractivity contribution in [1.82, 2.24) is 9.78 Å². The highest BCUT2D eigenvalue weighted by Gasteiger charge is 2.16. The minimum atomic E-state index is 0.168. The standard InChI is InChI=1S/C9H14Cl2N2/c1-6(4-7(2)10)9-8(11)5-12-13(9)3/h5-7H,4H2,1-3H3. The van der Waals surface area contributed by atoms with Gasteiger partial charge in [-0.1, -0.05) is 18.5 Å². The molecular weight excluding hydrogens is 207 g/mol. The third-order valence-electron chi connectivity index (χ3n) is 2.08. The molecule has 0 fully saturated rings. The van der Waals surface area contributed by atoms with Crippen molar-refractivity contribution in [2.24, 2.45) is 7.05 Å². The van der Waals surface area contributed by atoms with Crippen LogP contribution >= 0.6 is 23.2 Å². The number of halogens is 2. The summed E-state index contributed by atoms with van der Waals surface area (Å²) in [4.78, 5) is 0. The van der Waals surface area contributed by atoms with Crippen LogP contribution in [0.3, 0.4) is 0 Å². The number of nitrogens with zero attached hydrogens (tertiary/aromatic N) is 2. The second kappa shape index (κ2) is 4.34. The molecule has 0 aromatic carbocycles. The average molecular weight is 221 g/mol. The van der Waals surface area contributed by atoms with Gasteiger partial charge in [0.05, 0.1) is 16.9 Å². The number of aromatic nitrogens is 2. The molecule has 0 aliphatic heterocycles. The predicted molar refractivity (Wildman–Crippen MR) is 56.6 cm³/mol. The zero-order valence-corrected chi connectivity index (χ0v) is 9.60. The van der Waals surface area contributed by atoms with Gasteiger partial charge in [0.2, 0.25) is 0 Å². The topological polar surface area (TPSA) is 17.8 Å². The zero-order valence-electron chi connectivity index (χ0n) is 8.09. The number of hydrogen-bond donors (Lipinski definition) is 0. The SMILES string of the molecule is CC(Cl)CC(C)c1c(Cl)cnn1C. The van der Waals surface area contributed by atoms with Gasteiger partial charge in [0.15, 0.2) is 0 Å². The molecule has 0 spiro atoms. The lowest BCUT2D eigenvalue weighted by atomic mass is 10.0. The number of hydrogen-bond acceptors (Lipinski definition) is 1. The van der Waals surface area contributed by atoms with Crippen molar-refractivity contribution in [3.05, 3.63) is 16.9 Å². The minimum Gasteiger partial charge on any atom is -0.271 e. The van der Waals surface area contributed by atoms with Gasteiger partial charge in [0, 0.05) is 18.3 Å². The van der Waals surface area contributed by atoms with Gasteiger partial charge in [-0.15, -0.1) is 11.6 Å². The summed E-state index contributed by atoms with van der Waals surface area (Å²) in [6, 6.07) is 0. The Balaban J connectivity index is 2.81. The molecule has 0 N–H and O–H groups in total. The van der Waals surface area contributed by atoms with E-state index in [1.807, 2.05) is 18.7 Å². The Kier molecular flexibility index (Phi) is 3.63. The van der Waals surface area contributed by atoms with Crippen LogP contribution in [-0.4, -0.2) is 15.2 Å². The van der Waals surface area contributed by atoms with E-state index in [1.165, 1.54) is 0 Å². The van der Waals surface area contributed by atoms with Crippen molar-refractivity contribution in [3.63, 3.8) is 0 Å². The summed E-state index contributed by atoms with van der Waals surface area (Å²) in [5.41, 5.74) is 1.06. The van der Waals surface area contributed by atoms with Gasteiger partial charge in [0.1, 0.15) is 0 Å².